The minimum Gasteiger partial charge on any atom is -0.508 e. The molecule has 8 nitrogen and oxygen atoms in total. The summed E-state index contributed by atoms with van der Waals surface area (Å²) in [6, 6.07) is 8.78. The van der Waals surface area contributed by atoms with E-state index in [0.29, 0.717) is 24.2 Å². The number of phenols is 4. The molecule has 0 aromatic heterocycles. The second kappa shape index (κ2) is 11.6. The van der Waals surface area contributed by atoms with Crippen LogP contribution in [0.5, 0.6) is 23.0 Å². The molecule has 0 aliphatic rings. The molecule has 150 valence electrons. The van der Waals surface area contributed by atoms with E-state index in [1.54, 1.807) is 24.6 Å². The summed E-state index contributed by atoms with van der Waals surface area (Å²) in [6.45, 7) is 4.19. The van der Waals surface area contributed by atoms with Gasteiger partial charge in [0.2, 0.25) is 0 Å². The van der Waals surface area contributed by atoms with Crippen LogP contribution in [0.1, 0.15) is 11.1 Å². The molecule has 0 heterocycles. The van der Waals surface area contributed by atoms with Gasteiger partial charge in [0.15, 0.2) is 0 Å². The van der Waals surface area contributed by atoms with Crippen molar-refractivity contribution in [2.75, 3.05) is 39.3 Å². The maximum absolute atomic E-state index is 9.63. The summed E-state index contributed by atoms with van der Waals surface area (Å²) >= 11 is 0. The van der Waals surface area contributed by atoms with E-state index in [1.165, 1.54) is 24.3 Å². The molecule has 0 amide bonds. The van der Waals surface area contributed by atoms with E-state index in [4.69, 9.17) is 0 Å². The van der Waals surface area contributed by atoms with Crippen LogP contribution < -0.4 is 10.6 Å². The van der Waals surface area contributed by atoms with E-state index in [1.807, 2.05) is 0 Å². The first-order chi connectivity index (χ1) is 13.6. The van der Waals surface area contributed by atoms with Gasteiger partial charge in [-0.25, -0.2) is 0 Å². The van der Waals surface area contributed by atoms with Gasteiger partial charge in [-0.3, -0.25) is 9.98 Å². The summed E-state index contributed by atoms with van der Waals surface area (Å²) in [6.07, 6.45) is 3.16. The molecule has 0 bridgehead atoms. The van der Waals surface area contributed by atoms with Crippen molar-refractivity contribution in [2.24, 2.45) is 9.98 Å². The predicted molar refractivity (Wildman–Crippen MR) is 110 cm³/mol. The number of benzene rings is 2. The average Bonchev–Trinajstić information content (AvgIpc) is 2.65. The molecule has 0 saturated heterocycles. The topological polar surface area (TPSA) is 130 Å². The van der Waals surface area contributed by atoms with Crippen molar-refractivity contribution in [1.29, 1.82) is 0 Å². The molecule has 2 aromatic carbocycles. The van der Waals surface area contributed by atoms with Gasteiger partial charge in [-0.2, -0.15) is 0 Å². The summed E-state index contributed by atoms with van der Waals surface area (Å²) in [4.78, 5) is 8.45. The molecule has 6 N–H and O–H groups in total. The summed E-state index contributed by atoms with van der Waals surface area (Å²) in [5.41, 5.74) is 1.14. The highest BCUT2D eigenvalue weighted by atomic mass is 16.3. The maximum Gasteiger partial charge on any atom is 0.128 e. The quantitative estimate of drug-likeness (QED) is 0.254. The van der Waals surface area contributed by atoms with Crippen LogP contribution in [-0.4, -0.2) is 72.1 Å². The van der Waals surface area contributed by atoms with Gasteiger partial charge in [-0.15, -0.1) is 0 Å². The number of rotatable bonds is 11. The lowest BCUT2D eigenvalue weighted by molar-refractivity contribution is 0.449. The molecule has 0 unspecified atom stereocenters. The Hall–Kier alpha value is -3.10. The van der Waals surface area contributed by atoms with Crippen LogP contribution >= 0.6 is 0 Å². The predicted octanol–water partition coefficient (Wildman–Crippen LogP) is 1.23. The van der Waals surface area contributed by atoms with Crippen LogP contribution in [0.4, 0.5) is 0 Å². The Kier molecular flexibility index (Phi) is 8.77. The zero-order chi connectivity index (χ0) is 20.2. The minimum absolute atomic E-state index is 0.00388. The van der Waals surface area contributed by atoms with Crippen molar-refractivity contribution in [1.82, 2.24) is 10.6 Å². The number of hydrogen-bond acceptors (Lipinski definition) is 8. The fraction of sp³-hybridized carbons (Fsp3) is 0.300. The summed E-state index contributed by atoms with van der Waals surface area (Å²) < 4.78 is 0. The molecule has 0 aliphatic heterocycles. The number of nitrogens with one attached hydrogen (secondary N) is 2. The van der Waals surface area contributed by atoms with Gasteiger partial charge in [0.1, 0.15) is 23.0 Å². The average molecular weight is 386 g/mol. The van der Waals surface area contributed by atoms with Gasteiger partial charge in [0.25, 0.3) is 0 Å². The summed E-state index contributed by atoms with van der Waals surface area (Å²) in [7, 11) is 0. The number of aromatic hydroxyl groups is 4. The van der Waals surface area contributed by atoms with E-state index in [9.17, 15) is 20.4 Å². The Labute approximate surface area is 163 Å². The zero-order valence-corrected chi connectivity index (χ0v) is 15.5. The number of hydrogen-bond donors (Lipinski definition) is 6. The first-order valence-electron chi connectivity index (χ1n) is 9.01. The molecule has 0 aliphatic carbocycles. The van der Waals surface area contributed by atoms with Crippen molar-refractivity contribution in [2.45, 2.75) is 0 Å². The Balaban J connectivity index is 1.49. The highest BCUT2D eigenvalue weighted by molar-refractivity contribution is 5.84. The third-order valence-corrected chi connectivity index (χ3v) is 3.80. The monoisotopic (exact) mass is 386 g/mol. The Morgan fingerprint density at radius 1 is 0.643 bits per heavy atom. The molecule has 8 heteroatoms. The third-order valence-electron chi connectivity index (χ3n) is 3.80. The highest BCUT2D eigenvalue weighted by Crippen LogP contribution is 2.21. The van der Waals surface area contributed by atoms with Crippen LogP contribution in [0.3, 0.4) is 0 Å². The normalized spacial score (nSPS) is 11.6. The molecule has 0 fully saturated rings. The van der Waals surface area contributed by atoms with E-state index >= 15 is 0 Å². The second-order valence-electron chi connectivity index (χ2n) is 6.06. The molecular weight excluding hydrogens is 360 g/mol. The first kappa shape index (κ1) is 21.2. The minimum atomic E-state index is 0.00388. The van der Waals surface area contributed by atoms with Crippen LogP contribution in [0.15, 0.2) is 46.4 Å². The van der Waals surface area contributed by atoms with Gasteiger partial charge < -0.3 is 31.1 Å². The fourth-order valence-corrected chi connectivity index (χ4v) is 2.32. The lowest BCUT2D eigenvalue weighted by atomic mass is 10.2. The summed E-state index contributed by atoms with van der Waals surface area (Å²) in [5, 5.41) is 44.2. The van der Waals surface area contributed by atoms with Gasteiger partial charge in [0.05, 0.1) is 13.1 Å². The molecule has 2 rings (SSSR count). The smallest absolute Gasteiger partial charge is 0.128 e. The van der Waals surface area contributed by atoms with Crippen molar-refractivity contribution < 1.29 is 20.4 Å². The molecule has 28 heavy (non-hydrogen) atoms. The Bertz CT molecular complexity index is 741. The number of phenolic OH excluding ortho intramolecular Hbond substituents is 4. The SMILES string of the molecule is Oc1ccc(C=NCCNCCNCCN=Cc2ccc(O)cc2O)c(O)c1. The molecule has 0 radical (unpaired) electrons. The van der Waals surface area contributed by atoms with Gasteiger partial charge in [-0.05, 0) is 24.3 Å². The van der Waals surface area contributed by atoms with E-state index in [0.717, 1.165) is 26.2 Å². The number of aliphatic imine (C=N–C) groups is 2. The van der Waals surface area contributed by atoms with Crippen molar-refractivity contribution in [3.8, 4) is 23.0 Å². The fourth-order valence-electron chi connectivity index (χ4n) is 2.32. The molecule has 0 atom stereocenters. The van der Waals surface area contributed by atoms with Crippen molar-refractivity contribution in [3.63, 3.8) is 0 Å². The lowest BCUT2D eigenvalue weighted by Crippen LogP contribution is -2.30. The van der Waals surface area contributed by atoms with Crippen molar-refractivity contribution in [3.05, 3.63) is 47.5 Å². The highest BCUT2D eigenvalue weighted by Gasteiger charge is 1.99. The van der Waals surface area contributed by atoms with Crippen molar-refractivity contribution >= 4 is 12.4 Å². The van der Waals surface area contributed by atoms with Crippen LogP contribution in [-0.2, 0) is 0 Å². The zero-order valence-electron chi connectivity index (χ0n) is 15.5. The van der Waals surface area contributed by atoms with Gasteiger partial charge >= 0.3 is 0 Å². The Morgan fingerprint density at radius 3 is 1.46 bits per heavy atom. The largest absolute Gasteiger partial charge is 0.508 e. The molecular formula is C20H26N4O4. The molecule has 0 spiro atoms. The summed E-state index contributed by atoms with van der Waals surface area (Å²) in [5.74, 6) is 0.0504. The van der Waals surface area contributed by atoms with Gasteiger partial charge in [0, 0.05) is 61.9 Å². The van der Waals surface area contributed by atoms with E-state index in [-0.39, 0.29) is 23.0 Å². The second-order valence-corrected chi connectivity index (χ2v) is 6.06. The van der Waals surface area contributed by atoms with Gasteiger partial charge in [-0.1, -0.05) is 0 Å². The molecule has 0 saturated carbocycles. The lowest BCUT2D eigenvalue weighted by Gasteiger charge is -2.04. The maximum atomic E-state index is 9.63. The van der Waals surface area contributed by atoms with E-state index < -0.39 is 0 Å². The van der Waals surface area contributed by atoms with E-state index in [2.05, 4.69) is 20.6 Å². The standard InChI is InChI=1S/C20H26N4O4/c25-17-3-1-15(19(27)11-17)13-23-9-7-21-5-6-22-8-10-24-14-16-2-4-18(26)12-20(16)28/h1-4,11-14,21-22,25-28H,5-10H2. The first-order valence-corrected chi connectivity index (χ1v) is 9.01. The van der Waals surface area contributed by atoms with Crippen LogP contribution in [0, 0.1) is 0 Å². The number of nitrogens with zero attached hydrogens (tertiary/aromatic N) is 2. The van der Waals surface area contributed by atoms with Crippen LogP contribution in [0.25, 0.3) is 0 Å². The third kappa shape index (κ3) is 7.65. The van der Waals surface area contributed by atoms with Crippen LogP contribution in [0.2, 0.25) is 0 Å². The Morgan fingerprint density at radius 2 is 1.07 bits per heavy atom. The molecule has 2 aromatic rings.